The van der Waals surface area contributed by atoms with Gasteiger partial charge in [0.25, 0.3) is 10.1 Å². The van der Waals surface area contributed by atoms with Crippen LogP contribution in [0.5, 0.6) is 0 Å². The lowest BCUT2D eigenvalue weighted by Gasteiger charge is -2.11. The lowest BCUT2D eigenvalue weighted by Crippen LogP contribution is -2.01. The van der Waals surface area contributed by atoms with Crippen molar-refractivity contribution < 1.29 is 13.0 Å². The molecule has 96 valence electrons. The molecule has 0 aromatic heterocycles. The summed E-state index contributed by atoms with van der Waals surface area (Å²) in [4.78, 5) is -0.250. The Morgan fingerprint density at radius 3 is 2.06 bits per heavy atom. The Hall–Kier alpha value is -0.520. The molecule has 0 unspecified atom stereocenters. The van der Waals surface area contributed by atoms with Crippen molar-refractivity contribution in [1.29, 1.82) is 0 Å². The third kappa shape index (κ3) is 2.31. The maximum Gasteiger partial charge on any atom is 0.295 e. The Morgan fingerprint density at radius 2 is 1.56 bits per heavy atom. The molecule has 0 aliphatic heterocycles. The maximum absolute atomic E-state index is 11.4. The minimum atomic E-state index is -4.37. The number of hydrogen-bond acceptors (Lipinski definition) is 2. The van der Waals surface area contributed by atoms with Crippen molar-refractivity contribution in [3.63, 3.8) is 0 Å². The molecule has 2 rings (SSSR count). The molecule has 0 saturated heterocycles. The van der Waals surface area contributed by atoms with Gasteiger partial charge < -0.3 is 0 Å². The van der Waals surface area contributed by atoms with Gasteiger partial charge >= 0.3 is 0 Å². The van der Waals surface area contributed by atoms with Crippen LogP contribution in [-0.4, -0.2) is 13.0 Å². The molecule has 0 aliphatic rings. The Bertz CT molecular complexity index is 718. The van der Waals surface area contributed by atoms with E-state index in [4.69, 9.17) is 34.8 Å². The fourth-order valence-corrected chi connectivity index (χ4v) is 3.30. The van der Waals surface area contributed by atoms with Gasteiger partial charge in [0.15, 0.2) is 0 Å². The first-order valence-electron chi connectivity index (χ1n) is 4.79. The monoisotopic (exact) mass is 324 g/mol. The Kier molecular flexibility index (Phi) is 3.76. The average Bonchev–Trinajstić information content (AvgIpc) is 2.28. The van der Waals surface area contributed by atoms with Crippen LogP contribution in [0, 0.1) is 0 Å². The third-order valence-electron chi connectivity index (χ3n) is 2.53. The number of fused-ring (bicyclic) bond motifs is 1. The number of benzene rings is 2. The first-order chi connectivity index (χ1) is 8.36. The molecule has 0 aliphatic carbocycles. The SMILES string of the molecule is O=S(=O)(O)c1ccc(Cl)c2c(Cl)ccc(CCl)c12. The zero-order chi connectivity index (χ0) is 13.5. The molecule has 0 bridgehead atoms. The van der Waals surface area contributed by atoms with E-state index in [0.717, 1.165) is 0 Å². The fourth-order valence-electron chi connectivity index (χ4n) is 1.78. The second kappa shape index (κ2) is 4.87. The average molecular weight is 326 g/mol. The lowest BCUT2D eigenvalue weighted by molar-refractivity contribution is 0.484. The Morgan fingerprint density at radius 1 is 1.00 bits per heavy atom. The van der Waals surface area contributed by atoms with Gasteiger partial charge in [-0.1, -0.05) is 29.3 Å². The first-order valence-corrected chi connectivity index (χ1v) is 7.52. The van der Waals surface area contributed by atoms with Gasteiger partial charge in [0, 0.05) is 26.7 Å². The summed E-state index contributed by atoms with van der Waals surface area (Å²) in [6.07, 6.45) is 0. The van der Waals surface area contributed by atoms with Gasteiger partial charge in [-0.3, -0.25) is 4.55 Å². The molecule has 18 heavy (non-hydrogen) atoms. The van der Waals surface area contributed by atoms with Crippen molar-refractivity contribution in [2.24, 2.45) is 0 Å². The minimum absolute atomic E-state index is 0.0799. The minimum Gasteiger partial charge on any atom is -0.282 e. The Balaban J connectivity index is 3.09. The van der Waals surface area contributed by atoms with Crippen LogP contribution < -0.4 is 0 Å². The van der Waals surface area contributed by atoms with Gasteiger partial charge in [-0.25, -0.2) is 0 Å². The number of hydrogen-bond donors (Lipinski definition) is 1. The van der Waals surface area contributed by atoms with Crippen molar-refractivity contribution in [2.45, 2.75) is 10.8 Å². The van der Waals surface area contributed by atoms with Gasteiger partial charge in [0.05, 0.1) is 0 Å². The summed E-state index contributed by atoms with van der Waals surface area (Å²) in [5.74, 6) is 0.0799. The normalized spacial score (nSPS) is 12.0. The zero-order valence-corrected chi connectivity index (χ0v) is 11.9. The van der Waals surface area contributed by atoms with Gasteiger partial charge in [-0.2, -0.15) is 8.42 Å². The number of rotatable bonds is 2. The molecule has 2 aromatic carbocycles. The third-order valence-corrected chi connectivity index (χ3v) is 4.34. The Labute approximate surface area is 119 Å². The highest BCUT2D eigenvalue weighted by molar-refractivity contribution is 7.86. The smallest absolute Gasteiger partial charge is 0.282 e. The molecule has 2 aromatic rings. The van der Waals surface area contributed by atoms with Gasteiger partial charge in [0.2, 0.25) is 0 Å². The number of halogens is 3. The van der Waals surface area contributed by atoms with Gasteiger partial charge in [-0.15, -0.1) is 11.6 Å². The van der Waals surface area contributed by atoms with Gasteiger partial charge in [-0.05, 0) is 23.8 Å². The van der Waals surface area contributed by atoms with E-state index in [-0.39, 0.29) is 16.2 Å². The molecule has 3 nitrogen and oxygen atoms in total. The first kappa shape index (κ1) is 13.9. The van der Waals surface area contributed by atoms with E-state index in [0.29, 0.717) is 21.0 Å². The van der Waals surface area contributed by atoms with Crippen LogP contribution in [0.4, 0.5) is 0 Å². The summed E-state index contributed by atoms with van der Waals surface area (Å²) in [6.45, 7) is 0. The van der Waals surface area contributed by atoms with Crippen molar-refractivity contribution in [3.8, 4) is 0 Å². The van der Waals surface area contributed by atoms with Crippen LogP contribution in [0.2, 0.25) is 10.0 Å². The van der Waals surface area contributed by atoms with Crippen LogP contribution in [0.15, 0.2) is 29.2 Å². The summed E-state index contributed by atoms with van der Waals surface area (Å²) in [5.41, 5.74) is 0.534. The molecule has 0 radical (unpaired) electrons. The summed E-state index contributed by atoms with van der Waals surface area (Å²) in [6, 6.07) is 5.78. The molecule has 0 atom stereocenters. The second-order valence-corrected chi connectivity index (χ2v) is 6.08. The van der Waals surface area contributed by atoms with E-state index in [1.54, 1.807) is 12.1 Å². The highest BCUT2D eigenvalue weighted by Crippen LogP contribution is 2.37. The van der Waals surface area contributed by atoms with Crippen LogP contribution in [0.1, 0.15) is 5.56 Å². The highest BCUT2D eigenvalue weighted by atomic mass is 35.5. The summed E-state index contributed by atoms with van der Waals surface area (Å²) in [5, 5.41) is 1.22. The van der Waals surface area contributed by atoms with Crippen LogP contribution >= 0.6 is 34.8 Å². The van der Waals surface area contributed by atoms with E-state index >= 15 is 0 Å². The molecule has 1 N–H and O–H groups in total. The molecule has 0 amide bonds. The second-order valence-electron chi connectivity index (χ2n) is 3.61. The number of alkyl halides is 1. The quantitative estimate of drug-likeness (QED) is 0.667. The zero-order valence-electron chi connectivity index (χ0n) is 8.82. The largest absolute Gasteiger partial charge is 0.295 e. The van der Waals surface area contributed by atoms with Crippen LogP contribution in [0.3, 0.4) is 0 Å². The summed E-state index contributed by atoms with van der Waals surface area (Å²) in [7, 11) is -4.37. The molecule has 7 heteroatoms. The standard InChI is InChI=1S/C11H7Cl3O3S/c12-5-6-1-2-7(13)11-8(14)3-4-9(10(6)11)18(15,16)17/h1-4H,5H2,(H,15,16,17). The summed E-state index contributed by atoms with van der Waals surface area (Å²) < 4.78 is 32.0. The van der Waals surface area contributed by atoms with Crippen molar-refractivity contribution >= 4 is 55.7 Å². The van der Waals surface area contributed by atoms with Crippen LogP contribution in [0.25, 0.3) is 10.8 Å². The van der Waals surface area contributed by atoms with Crippen molar-refractivity contribution in [1.82, 2.24) is 0 Å². The van der Waals surface area contributed by atoms with E-state index in [9.17, 15) is 13.0 Å². The van der Waals surface area contributed by atoms with E-state index in [2.05, 4.69) is 0 Å². The highest BCUT2D eigenvalue weighted by Gasteiger charge is 2.19. The van der Waals surface area contributed by atoms with E-state index in [1.807, 2.05) is 0 Å². The van der Waals surface area contributed by atoms with Crippen molar-refractivity contribution in [3.05, 3.63) is 39.9 Å². The van der Waals surface area contributed by atoms with Crippen molar-refractivity contribution in [2.75, 3.05) is 0 Å². The van der Waals surface area contributed by atoms with E-state index in [1.165, 1.54) is 12.1 Å². The summed E-state index contributed by atoms with van der Waals surface area (Å²) >= 11 is 17.8. The fraction of sp³-hybridized carbons (Fsp3) is 0.0909. The predicted octanol–water partition coefficient (Wildman–Crippen LogP) is 4.13. The molecule has 0 heterocycles. The predicted molar refractivity (Wildman–Crippen MR) is 73.3 cm³/mol. The molecule has 0 spiro atoms. The molecular formula is C11H7Cl3O3S. The molecular weight excluding hydrogens is 319 g/mol. The lowest BCUT2D eigenvalue weighted by atomic mass is 10.1. The van der Waals surface area contributed by atoms with Gasteiger partial charge in [0.1, 0.15) is 4.90 Å². The van der Waals surface area contributed by atoms with Crippen LogP contribution in [-0.2, 0) is 16.0 Å². The molecule has 0 saturated carbocycles. The maximum atomic E-state index is 11.4. The molecule has 0 fully saturated rings. The topological polar surface area (TPSA) is 54.4 Å². The van der Waals surface area contributed by atoms with E-state index < -0.39 is 10.1 Å².